The molecule has 0 saturated heterocycles. The minimum atomic E-state index is 0.263. The maximum atomic E-state index is 5.76. The van der Waals surface area contributed by atoms with E-state index in [1.54, 1.807) is 11.3 Å². The second kappa shape index (κ2) is 4.98. The number of aromatic nitrogens is 1. The molecule has 1 atom stereocenters. The van der Waals surface area contributed by atoms with Gasteiger partial charge in [-0.3, -0.25) is 0 Å². The Labute approximate surface area is 112 Å². The summed E-state index contributed by atoms with van der Waals surface area (Å²) < 4.78 is 0. The van der Waals surface area contributed by atoms with Crippen molar-refractivity contribution in [3.05, 3.63) is 39.3 Å². The van der Waals surface area contributed by atoms with Crippen LogP contribution in [0, 0.1) is 20.8 Å². The third kappa shape index (κ3) is 2.64. The van der Waals surface area contributed by atoms with Gasteiger partial charge in [-0.15, -0.1) is 11.3 Å². The first-order valence-corrected chi connectivity index (χ1v) is 6.85. The molecule has 0 aliphatic rings. The number of hydrogen-bond acceptors (Lipinski definition) is 4. The van der Waals surface area contributed by atoms with E-state index in [2.05, 4.69) is 31.1 Å². The molecule has 0 fully saturated rings. The molecule has 0 spiro atoms. The van der Waals surface area contributed by atoms with Crippen molar-refractivity contribution in [1.82, 2.24) is 4.98 Å². The van der Waals surface area contributed by atoms with Crippen LogP contribution >= 0.6 is 11.3 Å². The Bertz CT molecular complexity index is 560. The number of nitrogens with one attached hydrogen (secondary N) is 1. The Balaban J connectivity index is 2.21. The predicted octanol–water partition coefficient (Wildman–Crippen LogP) is 3.82. The molecule has 4 heteroatoms. The summed E-state index contributed by atoms with van der Waals surface area (Å²) in [5.41, 5.74) is 9.97. The van der Waals surface area contributed by atoms with Crippen LogP contribution in [0.25, 0.3) is 0 Å². The van der Waals surface area contributed by atoms with Gasteiger partial charge in [0.05, 0.1) is 16.7 Å². The van der Waals surface area contributed by atoms with Crippen molar-refractivity contribution in [2.45, 2.75) is 33.7 Å². The number of nitrogen functional groups attached to an aromatic ring is 1. The minimum Gasteiger partial charge on any atom is -0.399 e. The summed E-state index contributed by atoms with van der Waals surface area (Å²) in [7, 11) is 0. The minimum absolute atomic E-state index is 0.263. The van der Waals surface area contributed by atoms with Gasteiger partial charge in [-0.05, 0) is 51.5 Å². The van der Waals surface area contributed by atoms with Gasteiger partial charge in [0.25, 0.3) is 0 Å². The van der Waals surface area contributed by atoms with Crippen LogP contribution in [0.5, 0.6) is 0 Å². The monoisotopic (exact) mass is 261 g/mol. The Morgan fingerprint density at radius 3 is 2.56 bits per heavy atom. The number of benzene rings is 1. The maximum Gasteiger partial charge on any atom is 0.0900 e. The van der Waals surface area contributed by atoms with Crippen LogP contribution in [0.4, 0.5) is 11.4 Å². The fourth-order valence-electron chi connectivity index (χ4n) is 2.10. The van der Waals surface area contributed by atoms with Crippen LogP contribution in [-0.4, -0.2) is 4.98 Å². The second-order valence-electron chi connectivity index (χ2n) is 4.62. The molecule has 96 valence electrons. The maximum absolute atomic E-state index is 5.76. The van der Waals surface area contributed by atoms with E-state index >= 15 is 0 Å². The summed E-state index contributed by atoms with van der Waals surface area (Å²) in [5, 5.41) is 4.64. The van der Waals surface area contributed by atoms with Crippen molar-refractivity contribution in [3.63, 3.8) is 0 Å². The van der Waals surface area contributed by atoms with Gasteiger partial charge in [0.2, 0.25) is 0 Å². The molecule has 0 bridgehead atoms. The number of aryl methyl sites for hydroxylation is 3. The Kier molecular flexibility index (Phi) is 3.57. The molecule has 2 rings (SSSR count). The highest BCUT2D eigenvalue weighted by Crippen LogP contribution is 2.29. The first kappa shape index (κ1) is 12.9. The summed E-state index contributed by atoms with van der Waals surface area (Å²) in [6.45, 7) is 8.33. The molecule has 1 aromatic heterocycles. The molecule has 18 heavy (non-hydrogen) atoms. The van der Waals surface area contributed by atoms with E-state index in [1.165, 1.54) is 10.4 Å². The standard InChI is InChI=1S/C14H19N3S/c1-8-7-12(15)5-6-13(8)17-10(3)14-9(2)16-11(4)18-14/h5-7,10,17H,15H2,1-4H3. The van der Waals surface area contributed by atoms with Crippen LogP contribution in [0.15, 0.2) is 18.2 Å². The van der Waals surface area contributed by atoms with Gasteiger partial charge in [0.15, 0.2) is 0 Å². The van der Waals surface area contributed by atoms with Gasteiger partial charge in [-0.1, -0.05) is 0 Å². The molecule has 0 saturated carbocycles. The number of rotatable bonds is 3. The van der Waals surface area contributed by atoms with Crippen molar-refractivity contribution in [3.8, 4) is 0 Å². The summed E-state index contributed by atoms with van der Waals surface area (Å²) in [4.78, 5) is 5.76. The van der Waals surface area contributed by atoms with Crippen molar-refractivity contribution in [2.24, 2.45) is 0 Å². The van der Waals surface area contributed by atoms with Crippen LogP contribution in [-0.2, 0) is 0 Å². The second-order valence-corrected chi connectivity index (χ2v) is 5.86. The lowest BCUT2D eigenvalue weighted by molar-refractivity contribution is 0.888. The quantitative estimate of drug-likeness (QED) is 0.826. The third-order valence-corrected chi connectivity index (χ3v) is 4.21. The van der Waals surface area contributed by atoms with E-state index < -0.39 is 0 Å². The zero-order valence-corrected chi connectivity index (χ0v) is 12.1. The normalized spacial score (nSPS) is 12.4. The van der Waals surface area contributed by atoms with Gasteiger partial charge < -0.3 is 11.1 Å². The van der Waals surface area contributed by atoms with Crippen molar-refractivity contribution in [1.29, 1.82) is 0 Å². The zero-order valence-electron chi connectivity index (χ0n) is 11.2. The molecule has 0 radical (unpaired) electrons. The van der Waals surface area contributed by atoms with Crippen molar-refractivity contribution < 1.29 is 0 Å². The van der Waals surface area contributed by atoms with Gasteiger partial charge in [-0.25, -0.2) is 4.98 Å². The highest BCUT2D eigenvalue weighted by Gasteiger charge is 2.13. The molecular weight excluding hydrogens is 242 g/mol. The van der Waals surface area contributed by atoms with Gasteiger partial charge in [-0.2, -0.15) is 0 Å². The fraction of sp³-hybridized carbons (Fsp3) is 0.357. The average molecular weight is 261 g/mol. The van der Waals surface area contributed by atoms with Crippen molar-refractivity contribution in [2.75, 3.05) is 11.1 Å². The number of nitrogens with two attached hydrogens (primary N) is 1. The first-order chi connectivity index (χ1) is 8.47. The van der Waals surface area contributed by atoms with Gasteiger partial charge in [0.1, 0.15) is 0 Å². The van der Waals surface area contributed by atoms with E-state index in [-0.39, 0.29) is 6.04 Å². The van der Waals surface area contributed by atoms with Crippen LogP contribution < -0.4 is 11.1 Å². The summed E-state index contributed by atoms with van der Waals surface area (Å²) in [6.07, 6.45) is 0. The zero-order chi connectivity index (χ0) is 13.3. The summed E-state index contributed by atoms with van der Waals surface area (Å²) >= 11 is 1.75. The molecule has 3 nitrogen and oxygen atoms in total. The highest BCUT2D eigenvalue weighted by molar-refractivity contribution is 7.11. The van der Waals surface area contributed by atoms with Crippen LogP contribution in [0.3, 0.4) is 0 Å². The Morgan fingerprint density at radius 2 is 2.00 bits per heavy atom. The molecule has 0 aliphatic carbocycles. The summed E-state index contributed by atoms with van der Waals surface area (Å²) in [6, 6.07) is 6.20. The van der Waals surface area contributed by atoms with Crippen LogP contribution in [0.1, 0.15) is 34.1 Å². The lowest BCUT2D eigenvalue weighted by atomic mass is 10.1. The van der Waals surface area contributed by atoms with E-state index in [0.29, 0.717) is 0 Å². The van der Waals surface area contributed by atoms with Crippen molar-refractivity contribution >= 4 is 22.7 Å². The molecule has 2 aromatic rings. The molecule has 3 N–H and O–H groups in total. The molecule has 1 unspecified atom stereocenters. The SMILES string of the molecule is Cc1nc(C)c(C(C)Nc2ccc(N)cc2C)s1. The third-order valence-electron chi connectivity index (χ3n) is 2.96. The smallest absolute Gasteiger partial charge is 0.0900 e. The van der Waals surface area contributed by atoms with Gasteiger partial charge in [0, 0.05) is 16.3 Å². The molecule has 0 aliphatic heterocycles. The van der Waals surface area contributed by atoms with Crippen LogP contribution in [0.2, 0.25) is 0 Å². The van der Waals surface area contributed by atoms with E-state index in [4.69, 9.17) is 5.73 Å². The lowest BCUT2D eigenvalue weighted by Crippen LogP contribution is -2.07. The molecular formula is C14H19N3S. The number of thiazole rings is 1. The first-order valence-electron chi connectivity index (χ1n) is 6.04. The number of anilines is 2. The van der Waals surface area contributed by atoms with Gasteiger partial charge >= 0.3 is 0 Å². The number of hydrogen-bond donors (Lipinski definition) is 2. The highest BCUT2D eigenvalue weighted by atomic mass is 32.1. The summed E-state index contributed by atoms with van der Waals surface area (Å²) in [5.74, 6) is 0. The van der Waals surface area contributed by atoms with E-state index in [9.17, 15) is 0 Å². The number of nitrogens with zero attached hydrogens (tertiary/aromatic N) is 1. The molecule has 0 amide bonds. The Morgan fingerprint density at radius 1 is 1.28 bits per heavy atom. The largest absolute Gasteiger partial charge is 0.399 e. The average Bonchev–Trinajstić information content (AvgIpc) is 2.62. The topological polar surface area (TPSA) is 50.9 Å². The van der Waals surface area contributed by atoms with E-state index in [1.807, 2.05) is 25.1 Å². The predicted molar refractivity (Wildman–Crippen MR) is 79.2 cm³/mol. The lowest BCUT2D eigenvalue weighted by Gasteiger charge is -2.16. The Hall–Kier alpha value is -1.55. The molecule has 1 heterocycles. The van der Waals surface area contributed by atoms with E-state index in [0.717, 1.165) is 22.1 Å². The molecule has 1 aromatic carbocycles. The fourth-order valence-corrected chi connectivity index (χ4v) is 3.03.